The number of hydrogen-bond donors (Lipinski definition) is 1. The highest BCUT2D eigenvalue weighted by Gasteiger charge is 2.36. The Balaban J connectivity index is 2.40. The van der Waals surface area contributed by atoms with E-state index in [9.17, 15) is 32.0 Å². The maximum atomic E-state index is 12.7. The first-order valence-electron chi connectivity index (χ1n) is 6.33. The van der Waals surface area contributed by atoms with Crippen molar-refractivity contribution >= 4 is 33.5 Å². The average molecular weight is 346 g/mol. The second kappa shape index (κ2) is 5.91. The number of carboxylic acids is 1. The first-order chi connectivity index (χ1) is 10.6. The molecule has 1 aromatic carbocycles. The number of nitrogens with zero attached hydrogens (tertiary/aromatic N) is 2. The fraction of sp³-hybridized carbons (Fsp3) is 0.333. The molecule has 2 rings (SSSR count). The van der Waals surface area contributed by atoms with E-state index in [1.54, 1.807) is 0 Å². The summed E-state index contributed by atoms with van der Waals surface area (Å²) in [6, 6.07) is 2.90. The lowest BCUT2D eigenvalue weighted by Gasteiger charge is -2.18. The van der Waals surface area contributed by atoms with Crippen LogP contribution in [0.4, 0.5) is 15.3 Å². The molecule has 1 aliphatic heterocycles. The summed E-state index contributed by atoms with van der Waals surface area (Å²) in [5.74, 6) is -3.74. The van der Waals surface area contributed by atoms with Gasteiger partial charge in [0, 0.05) is 31.0 Å². The van der Waals surface area contributed by atoms with E-state index >= 15 is 0 Å². The maximum absolute atomic E-state index is 12.7. The average Bonchev–Trinajstić information content (AvgIpc) is 2.76. The van der Waals surface area contributed by atoms with Crippen molar-refractivity contribution in [3.63, 3.8) is 0 Å². The van der Waals surface area contributed by atoms with Gasteiger partial charge in [-0.3, -0.25) is 14.9 Å². The largest absolute Gasteiger partial charge is 0.478 e. The Bertz CT molecular complexity index is 793. The first-order valence-corrected chi connectivity index (χ1v) is 7.88. The lowest BCUT2D eigenvalue weighted by Crippen LogP contribution is -2.27. The second-order valence-corrected chi connectivity index (χ2v) is 6.45. The quantitative estimate of drug-likeness (QED) is 0.476. The summed E-state index contributed by atoms with van der Waals surface area (Å²) < 4.78 is 34.1. The predicted molar refractivity (Wildman–Crippen MR) is 75.4 cm³/mol. The Labute approximate surface area is 129 Å². The molecule has 1 aliphatic rings. The van der Waals surface area contributed by atoms with Gasteiger partial charge in [-0.2, -0.15) is 8.42 Å². The maximum Gasteiger partial charge on any atom is 0.337 e. The number of hydrogen-bond acceptors (Lipinski definition) is 6. The molecule has 11 heteroatoms. The third-order valence-corrected chi connectivity index (χ3v) is 4.22. The molecule has 1 N–H and O–H groups in total. The van der Waals surface area contributed by atoms with E-state index in [1.807, 2.05) is 0 Å². The Morgan fingerprint density at radius 3 is 2.65 bits per heavy atom. The molecule has 1 atom stereocenters. The fourth-order valence-electron chi connectivity index (χ4n) is 2.45. The van der Waals surface area contributed by atoms with Gasteiger partial charge in [0.2, 0.25) is 5.91 Å². The van der Waals surface area contributed by atoms with Gasteiger partial charge in [-0.25, -0.2) is 4.79 Å². The van der Waals surface area contributed by atoms with Crippen molar-refractivity contribution in [3.05, 3.63) is 33.9 Å². The zero-order valence-electron chi connectivity index (χ0n) is 11.5. The number of halogens is 1. The Morgan fingerprint density at radius 2 is 2.13 bits per heavy atom. The smallest absolute Gasteiger partial charge is 0.337 e. The van der Waals surface area contributed by atoms with Crippen LogP contribution in [0.5, 0.6) is 0 Å². The number of carboxylic acid groups (broad SMARTS) is 1. The van der Waals surface area contributed by atoms with Gasteiger partial charge in [-0.15, -0.1) is 3.89 Å². The number of anilines is 1. The first kappa shape index (κ1) is 16.8. The van der Waals surface area contributed by atoms with Crippen LogP contribution in [0.1, 0.15) is 16.8 Å². The van der Waals surface area contributed by atoms with Crippen LogP contribution in [-0.2, 0) is 15.0 Å². The minimum atomic E-state index is -4.79. The number of nitro benzene ring substituents is 1. The summed E-state index contributed by atoms with van der Waals surface area (Å²) in [6.45, 7) is -0.233. The number of amides is 1. The Hall–Kier alpha value is -2.56. The highest BCUT2D eigenvalue weighted by Crippen LogP contribution is 2.32. The lowest BCUT2D eigenvalue weighted by molar-refractivity contribution is -0.384. The van der Waals surface area contributed by atoms with Gasteiger partial charge in [0.05, 0.1) is 21.9 Å². The highest BCUT2D eigenvalue weighted by atomic mass is 32.3. The monoisotopic (exact) mass is 346 g/mol. The van der Waals surface area contributed by atoms with E-state index in [2.05, 4.69) is 0 Å². The number of nitro groups is 1. The van der Waals surface area contributed by atoms with Gasteiger partial charge >= 0.3 is 16.2 Å². The van der Waals surface area contributed by atoms with Crippen LogP contribution in [0, 0.1) is 16.0 Å². The molecule has 1 fully saturated rings. The summed E-state index contributed by atoms with van der Waals surface area (Å²) in [5, 5.41) is 19.9. The van der Waals surface area contributed by atoms with Crippen LogP contribution >= 0.6 is 0 Å². The predicted octanol–water partition coefficient (Wildman–Crippen LogP) is 0.945. The Morgan fingerprint density at radius 1 is 1.48 bits per heavy atom. The van der Waals surface area contributed by atoms with E-state index in [-0.39, 0.29) is 24.2 Å². The summed E-state index contributed by atoms with van der Waals surface area (Å²) in [4.78, 5) is 34.2. The minimum Gasteiger partial charge on any atom is -0.478 e. The normalized spacial score (nSPS) is 18.2. The van der Waals surface area contributed by atoms with Crippen LogP contribution in [0.3, 0.4) is 0 Å². The van der Waals surface area contributed by atoms with E-state index in [4.69, 9.17) is 5.11 Å². The van der Waals surface area contributed by atoms with E-state index in [1.165, 1.54) is 0 Å². The zero-order valence-corrected chi connectivity index (χ0v) is 12.3. The van der Waals surface area contributed by atoms with Crippen molar-refractivity contribution < 1.29 is 31.9 Å². The van der Waals surface area contributed by atoms with E-state index in [0.29, 0.717) is 0 Å². The van der Waals surface area contributed by atoms with Crippen molar-refractivity contribution in [2.45, 2.75) is 6.42 Å². The van der Waals surface area contributed by atoms with Gasteiger partial charge in [-0.1, -0.05) is 0 Å². The molecular formula is C12H11FN2O7S. The van der Waals surface area contributed by atoms with Crippen molar-refractivity contribution in [2.24, 2.45) is 5.92 Å². The number of carbonyl (C=O) groups excluding carboxylic acids is 1. The van der Waals surface area contributed by atoms with Crippen molar-refractivity contribution in [2.75, 3.05) is 17.2 Å². The van der Waals surface area contributed by atoms with E-state index in [0.717, 1.165) is 23.1 Å². The lowest BCUT2D eigenvalue weighted by atomic mass is 10.1. The molecule has 1 amide bonds. The van der Waals surface area contributed by atoms with Crippen LogP contribution in [-0.4, -0.2) is 42.6 Å². The summed E-state index contributed by atoms with van der Waals surface area (Å²) >= 11 is 0. The van der Waals surface area contributed by atoms with Gasteiger partial charge < -0.3 is 10.0 Å². The molecule has 1 saturated heterocycles. The molecule has 124 valence electrons. The van der Waals surface area contributed by atoms with Crippen molar-refractivity contribution in [3.8, 4) is 0 Å². The standard InChI is InChI=1S/C12H11FN2O7S/c13-23(21,22)6-7-3-11(16)14(5-7)10-4-8(15(19)20)1-2-9(10)12(17)18/h1-2,4,7H,3,5-6H2,(H,17,18). The molecule has 0 aromatic heterocycles. The van der Waals surface area contributed by atoms with Crippen LogP contribution in [0.2, 0.25) is 0 Å². The molecule has 9 nitrogen and oxygen atoms in total. The summed E-state index contributed by atoms with van der Waals surface area (Å²) in [5.41, 5.74) is -0.970. The summed E-state index contributed by atoms with van der Waals surface area (Å²) in [7, 11) is -4.79. The third-order valence-electron chi connectivity index (χ3n) is 3.35. The van der Waals surface area contributed by atoms with Gasteiger partial charge in [0.15, 0.2) is 0 Å². The van der Waals surface area contributed by atoms with Gasteiger partial charge in [-0.05, 0) is 6.07 Å². The molecule has 0 bridgehead atoms. The van der Waals surface area contributed by atoms with Gasteiger partial charge in [0.1, 0.15) is 0 Å². The number of non-ortho nitro benzene ring substituents is 1. The fourth-order valence-corrected chi connectivity index (χ4v) is 3.23. The topological polar surface area (TPSA) is 135 Å². The van der Waals surface area contributed by atoms with Crippen molar-refractivity contribution in [1.29, 1.82) is 0 Å². The van der Waals surface area contributed by atoms with E-state index < -0.39 is 44.4 Å². The highest BCUT2D eigenvalue weighted by molar-refractivity contribution is 7.86. The van der Waals surface area contributed by atoms with Crippen molar-refractivity contribution in [1.82, 2.24) is 0 Å². The Kier molecular flexibility index (Phi) is 4.32. The molecule has 1 aromatic rings. The SMILES string of the molecule is O=C(O)c1ccc([N+](=O)[O-])cc1N1CC(CS(=O)(=O)F)CC1=O. The molecule has 0 spiro atoms. The molecule has 0 radical (unpaired) electrons. The van der Waals surface area contributed by atoms with Crippen LogP contribution in [0.15, 0.2) is 18.2 Å². The summed E-state index contributed by atoms with van der Waals surface area (Å²) in [6.07, 6.45) is -0.287. The second-order valence-electron chi connectivity index (χ2n) is 5.04. The molecule has 0 aliphatic carbocycles. The van der Waals surface area contributed by atoms with Crippen LogP contribution in [0.25, 0.3) is 0 Å². The molecule has 23 heavy (non-hydrogen) atoms. The molecular weight excluding hydrogens is 335 g/mol. The number of rotatable bonds is 5. The third kappa shape index (κ3) is 3.80. The number of aromatic carboxylic acids is 1. The van der Waals surface area contributed by atoms with Crippen LogP contribution < -0.4 is 4.90 Å². The molecule has 1 unspecified atom stereocenters. The zero-order chi connectivity index (χ0) is 17.4. The molecule has 0 saturated carbocycles. The number of benzene rings is 1. The minimum absolute atomic E-state index is 0.213. The molecule has 1 heterocycles. The number of carbonyl (C=O) groups is 2. The van der Waals surface area contributed by atoms with Gasteiger partial charge in [0.25, 0.3) is 5.69 Å².